The summed E-state index contributed by atoms with van der Waals surface area (Å²) in [6.45, 7) is 3.52. The first-order valence-corrected chi connectivity index (χ1v) is 6.15. The van der Waals surface area contributed by atoms with Crippen molar-refractivity contribution >= 4 is 11.9 Å². The fourth-order valence-electron chi connectivity index (χ4n) is 1.61. The van der Waals surface area contributed by atoms with Crippen LogP contribution < -0.4 is 5.32 Å². The Hall–Kier alpha value is -1.91. The zero-order chi connectivity index (χ0) is 14.4. The van der Waals surface area contributed by atoms with Crippen molar-refractivity contribution in [3.63, 3.8) is 0 Å². The largest absolute Gasteiger partial charge is 0.481 e. The number of carboxylic acids is 1. The van der Waals surface area contributed by atoms with E-state index in [1.807, 2.05) is 6.92 Å². The lowest BCUT2D eigenvalue weighted by molar-refractivity contribution is -0.141. The monoisotopic (exact) mass is 267 g/mol. The lowest BCUT2D eigenvalue weighted by Gasteiger charge is -2.13. The molecular formula is C14H18FNO3. The van der Waals surface area contributed by atoms with E-state index in [1.165, 1.54) is 19.1 Å². The van der Waals surface area contributed by atoms with Crippen molar-refractivity contribution in [1.29, 1.82) is 0 Å². The number of amides is 1. The van der Waals surface area contributed by atoms with E-state index in [4.69, 9.17) is 5.11 Å². The van der Waals surface area contributed by atoms with Crippen LogP contribution in [0.15, 0.2) is 24.3 Å². The van der Waals surface area contributed by atoms with Crippen LogP contribution in [-0.2, 0) is 9.59 Å². The Morgan fingerprint density at radius 1 is 1.26 bits per heavy atom. The van der Waals surface area contributed by atoms with Gasteiger partial charge in [-0.3, -0.25) is 9.59 Å². The number of carbonyl (C=O) groups excluding carboxylic acids is 1. The average Bonchev–Trinajstić information content (AvgIpc) is 2.36. The number of rotatable bonds is 6. The zero-order valence-corrected chi connectivity index (χ0v) is 11.0. The van der Waals surface area contributed by atoms with E-state index in [9.17, 15) is 14.0 Å². The summed E-state index contributed by atoms with van der Waals surface area (Å²) < 4.78 is 12.8. The van der Waals surface area contributed by atoms with Crippen molar-refractivity contribution < 1.29 is 19.1 Å². The molecule has 0 radical (unpaired) electrons. The van der Waals surface area contributed by atoms with E-state index in [2.05, 4.69) is 5.32 Å². The van der Waals surface area contributed by atoms with Crippen LogP contribution in [0.5, 0.6) is 0 Å². The maximum atomic E-state index is 12.8. The Morgan fingerprint density at radius 2 is 1.84 bits per heavy atom. The molecule has 1 amide bonds. The fraction of sp³-hybridized carbons (Fsp3) is 0.429. The highest BCUT2D eigenvalue weighted by Crippen LogP contribution is 2.18. The van der Waals surface area contributed by atoms with E-state index in [0.29, 0.717) is 0 Å². The molecule has 1 aromatic rings. The number of benzene rings is 1. The van der Waals surface area contributed by atoms with E-state index in [1.54, 1.807) is 12.1 Å². The van der Waals surface area contributed by atoms with E-state index < -0.39 is 11.9 Å². The normalized spacial score (nSPS) is 13.6. The van der Waals surface area contributed by atoms with E-state index in [-0.39, 0.29) is 30.6 Å². The van der Waals surface area contributed by atoms with Gasteiger partial charge >= 0.3 is 5.97 Å². The molecule has 2 unspecified atom stereocenters. The van der Waals surface area contributed by atoms with Crippen LogP contribution >= 0.6 is 0 Å². The minimum Gasteiger partial charge on any atom is -0.481 e. The van der Waals surface area contributed by atoms with Crippen molar-refractivity contribution in [2.24, 2.45) is 5.92 Å². The van der Waals surface area contributed by atoms with Gasteiger partial charge in [0.15, 0.2) is 0 Å². The number of hydrogen-bond acceptors (Lipinski definition) is 2. The molecule has 0 bridgehead atoms. The predicted molar refractivity (Wildman–Crippen MR) is 69.2 cm³/mol. The Labute approximate surface area is 111 Å². The second kappa shape index (κ2) is 6.87. The number of hydrogen-bond donors (Lipinski definition) is 2. The first-order valence-electron chi connectivity index (χ1n) is 6.15. The van der Waals surface area contributed by atoms with Gasteiger partial charge in [0.2, 0.25) is 5.91 Å². The Balaban J connectivity index is 2.44. The van der Waals surface area contributed by atoms with Gasteiger partial charge in [0.1, 0.15) is 5.82 Å². The third kappa shape index (κ3) is 5.07. The molecule has 0 aliphatic carbocycles. The van der Waals surface area contributed by atoms with Crippen LogP contribution in [-0.4, -0.2) is 23.5 Å². The van der Waals surface area contributed by atoms with Crippen molar-refractivity contribution in [2.75, 3.05) is 6.54 Å². The summed E-state index contributed by atoms with van der Waals surface area (Å²) in [4.78, 5) is 22.2. The van der Waals surface area contributed by atoms with Crippen molar-refractivity contribution in [3.05, 3.63) is 35.6 Å². The maximum Gasteiger partial charge on any atom is 0.308 e. The molecule has 104 valence electrons. The molecule has 0 aromatic heterocycles. The number of aliphatic carboxylic acids is 1. The molecule has 19 heavy (non-hydrogen) atoms. The minimum absolute atomic E-state index is 0.0410. The standard InChI is InChI=1S/C14H18FNO3/c1-9(11-3-5-12(15)6-4-11)7-13(17)16-8-10(2)14(18)19/h3-6,9-10H,7-8H2,1-2H3,(H,16,17)(H,18,19). The molecule has 0 saturated carbocycles. The van der Waals surface area contributed by atoms with Gasteiger partial charge < -0.3 is 10.4 Å². The number of nitrogens with one attached hydrogen (secondary N) is 1. The molecule has 0 saturated heterocycles. The highest BCUT2D eigenvalue weighted by molar-refractivity contribution is 5.78. The summed E-state index contributed by atoms with van der Waals surface area (Å²) in [5, 5.41) is 11.3. The third-order valence-corrected chi connectivity index (χ3v) is 2.96. The summed E-state index contributed by atoms with van der Waals surface area (Å²) in [7, 11) is 0. The molecule has 5 heteroatoms. The summed E-state index contributed by atoms with van der Waals surface area (Å²) in [5.41, 5.74) is 0.878. The van der Waals surface area contributed by atoms with Crippen LogP contribution in [0.3, 0.4) is 0 Å². The van der Waals surface area contributed by atoms with Crippen molar-refractivity contribution in [1.82, 2.24) is 5.32 Å². The number of halogens is 1. The van der Waals surface area contributed by atoms with Gasteiger partial charge in [-0.25, -0.2) is 4.39 Å². The highest BCUT2D eigenvalue weighted by atomic mass is 19.1. The van der Waals surface area contributed by atoms with Crippen LogP contribution in [0.25, 0.3) is 0 Å². The first kappa shape index (κ1) is 15.1. The number of carboxylic acid groups (broad SMARTS) is 1. The molecule has 4 nitrogen and oxygen atoms in total. The lowest BCUT2D eigenvalue weighted by atomic mass is 9.97. The Bertz CT molecular complexity index is 445. The molecule has 0 spiro atoms. The summed E-state index contributed by atoms with van der Waals surface area (Å²) >= 11 is 0. The molecular weight excluding hydrogens is 249 g/mol. The highest BCUT2D eigenvalue weighted by Gasteiger charge is 2.14. The molecule has 0 aliphatic heterocycles. The molecule has 1 rings (SSSR count). The smallest absolute Gasteiger partial charge is 0.308 e. The lowest BCUT2D eigenvalue weighted by Crippen LogP contribution is -2.32. The van der Waals surface area contributed by atoms with Crippen molar-refractivity contribution in [2.45, 2.75) is 26.2 Å². The molecule has 0 heterocycles. The second-order valence-corrected chi connectivity index (χ2v) is 4.70. The van der Waals surface area contributed by atoms with Gasteiger partial charge in [-0.1, -0.05) is 26.0 Å². The molecule has 2 N–H and O–H groups in total. The van der Waals surface area contributed by atoms with Gasteiger partial charge in [-0.05, 0) is 23.6 Å². The molecule has 0 fully saturated rings. The van der Waals surface area contributed by atoms with Crippen molar-refractivity contribution in [3.8, 4) is 0 Å². The summed E-state index contributed by atoms with van der Waals surface area (Å²) in [6.07, 6.45) is 0.248. The minimum atomic E-state index is -0.938. The van der Waals surface area contributed by atoms with Gasteiger partial charge in [-0.15, -0.1) is 0 Å². The zero-order valence-electron chi connectivity index (χ0n) is 11.0. The molecule has 2 atom stereocenters. The SMILES string of the molecule is CC(CNC(=O)CC(C)c1ccc(F)cc1)C(=O)O. The van der Waals surface area contributed by atoms with Gasteiger partial charge in [0, 0.05) is 13.0 Å². The van der Waals surface area contributed by atoms with Gasteiger partial charge in [0.25, 0.3) is 0 Å². The topological polar surface area (TPSA) is 66.4 Å². The molecule has 0 aliphatic rings. The Kier molecular flexibility index (Phi) is 5.48. The quantitative estimate of drug-likeness (QED) is 0.830. The summed E-state index contributed by atoms with van der Waals surface area (Å²) in [6, 6.07) is 6.01. The maximum absolute atomic E-state index is 12.8. The van der Waals surface area contributed by atoms with Crippen LogP contribution in [0, 0.1) is 11.7 Å². The van der Waals surface area contributed by atoms with Crippen LogP contribution in [0.1, 0.15) is 31.7 Å². The van der Waals surface area contributed by atoms with E-state index >= 15 is 0 Å². The average molecular weight is 267 g/mol. The van der Waals surface area contributed by atoms with Gasteiger partial charge in [-0.2, -0.15) is 0 Å². The second-order valence-electron chi connectivity index (χ2n) is 4.70. The van der Waals surface area contributed by atoms with E-state index in [0.717, 1.165) is 5.56 Å². The third-order valence-electron chi connectivity index (χ3n) is 2.96. The molecule has 1 aromatic carbocycles. The van der Waals surface area contributed by atoms with Gasteiger partial charge in [0.05, 0.1) is 5.92 Å². The Morgan fingerprint density at radius 3 is 2.37 bits per heavy atom. The summed E-state index contributed by atoms with van der Waals surface area (Å²) in [5.74, 6) is -2.10. The fourth-order valence-corrected chi connectivity index (χ4v) is 1.61. The van der Waals surface area contributed by atoms with Crippen LogP contribution in [0.4, 0.5) is 4.39 Å². The predicted octanol–water partition coefficient (Wildman–Crippen LogP) is 2.16. The number of carbonyl (C=O) groups is 2. The first-order chi connectivity index (χ1) is 8.90. The van der Waals surface area contributed by atoms with Crippen LogP contribution in [0.2, 0.25) is 0 Å².